The zero-order valence-corrected chi connectivity index (χ0v) is 13.2. The van der Waals surface area contributed by atoms with E-state index in [9.17, 15) is 5.11 Å². The van der Waals surface area contributed by atoms with Gasteiger partial charge in [-0.3, -0.25) is 0 Å². The molecular formula is C18H24N2O2. The molecule has 0 bridgehead atoms. The lowest BCUT2D eigenvalue weighted by Crippen LogP contribution is -2.37. The van der Waals surface area contributed by atoms with E-state index in [1.165, 1.54) is 11.3 Å². The number of rotatable bonds is 4. The fraction of sp³-hybridized carbons (Fsp3) is 0.444. The van der Waals surface area contributed by atoms with Crippen molar-refractivity contribution in [2.24, 2.45) is 0 Å². The Morgan fingerprint density at radius 1 is 1.32 bits per heavy atom. The Hall–Kier alpha value is -1.78. The largest absolute Gasteiger partial charge is 0.463 e. The molecule has 0 amide bonds. The van der Waals surface area contributed by atoms with Gasteiger partial charge in [-0.05, 0) is 50.5 Å². The molecule has 3 rings (SSSR count). The highest BCUT2D eigenvalue weighted by Gasteiger charge is 2.28. The van der Waals surface area contributed by atoms with Gasteiger partial charge in [-0.15, -0.1) is 0 Å². The minimum atomic E-state index is -1.01. The molecule has 1 aliphatic heterocycles. The average Bonchev–Trinajstić information content (AvgIpc) is 2.84. The fourth-order valence-corrected chi connectivity index (χ4v) is 2.99. The molecule has 0 radical (unpaired) electrons. The predicted octanol–water partition coefficient (Wildman–Crippen LogP) is 3.33. The quantitative estimate of drug-likeness (QED) is 0.810. The summed E-state index contributed by atoms with van der Waals surface area (Å²) in [5, 5.41) is 17.7. The van der Waals surface area contributed by atoms with Crippen molar-refractivity contribution in [1.82, 2.24) is 5.32 Å². The van der Waals surface area contributed by atoms with Crippen LogP contribution in [0, 0.1) is 6.92 Å². The van der Waals surface area contributed by atoms with Gasteiger partial charge in [-0.1, -0.05) is 18.2 Å². The van der Waals surface area contributed by atoms with E-state index in [1.54, 1.807) is 6.92 Å². The van der Waals surface area contributed by atoms with Crippen molar-refractivity contribution in [3.8, 4) is 0 Å². The van der Waals surface area contributed by atoms with Gasteiger partial charge in [0.15, 0.2) is 0 Å². The Bertz CT molecular complexity index is 634. The van der Waals surface area contributed by atoms with Gasteiger partial charge in [0.1, 0.15) is 17.1 Å². The third-order valence-corrected chi connectivity index (χ3v) is 4.29. The Morgan fingerprint density at radius 3 is 2.91 bits per heavy atom. The number of benzene rings is 1. The third-order valence-electron chi connectivity index (χ3n) is 4.29. The molecule has 0 saturated heterocycles. The minimum absolute atomic E-state index is 0.244. The molecular weight excluding hydrogens is 276 g/mol. The van der Waals surface area contributed by atoms with Gasteiger partial charge in [0, 0.05) is 24.8 Å². The van der Waals surface area contributed by atoms with Crippen LogP contribution in [0.25, 0.3) is 0 Å². The van der Waals surface area contributed by atoms with E-state index < -0.39 is 5.60 Å². The first kappa shape index (κ1) is 15.1. The maximum atomic E-state index is 10.7. The number of furan rings is 1. The van der Waals surface area contributed by atoms with E-state index in [1.807, 2.05) is 19.1 Å². The molecule has 2 heterocycles. The van der Waals surface area contributed by atoms with E-state index in [0.717, 1.165) is 25.1 Å². The summed E-state index contributed by atoms with van der Waals surface area (Å²) in [6.45, 7) is 5.13. The highest BCUT2D eigenvalue weighted by Crippen LogP contribution is 2.30. The second kappa shape index (κ2) is 6.15. The smallest absolute Gasteiger partial charge is 0.136 e. The van der Waals surface area contributed by atoms with Crippen LogP contribution >= 0.6 is 0 Å². The van der Waals surface area contributed by atoms with Crippen molar-refractivity contribution in [3.63, 3.8) is 0 Å². The van der Waals surface area contributed by atoms with Gasteiger partial charge in [-0.2, -0.15) is 0 Å². The number of nitrogens with one attached hydrogen (secondary N) is 2. The first-order valence-corrected chi connectivity index (χ1v) is 7.92. The normalized spacial score (nSPS) is 20.6. The number of hydrogen-bond donors (Lipinski definition) is 3. The summed E-state index contributed by atoms with van der Waals surface area (Å²) in [6, 6.07) is 12.4. The van der Waals surface area contributed by atoms with Crippen molar-refractivity contribution < 1.29 is 9.52 Å². The maximum Gasteiger partial charge on any atom is 0.136 e. The molecule has 3 N–H and O–H groups in total. The second-order valence-electron chi connectivity index (χ2n) is 6.27. The first-order chi connectivity index (χ1) is 10.6. The van der Waals surface area contributed by atoms with Gasteiger partial charge in [0.05, 0.1) is 0 Å². The summed E-state index contributed by atoms with van der Waals surface area (Å²) in [4.78, 5) is 0. The van der Waals surface area contributed by atoms with Crippen LogP contribution in [0.2, 0.25) is 0 Å². The first-order valence-electron chi connectivity index (χ1n) is 7.92. The van der Waals surface area contributed by atoms with Crippen molar-refractivity contribution in [2.75, 3.05) is 18.4 Å². The van der Waals surface area contributed by atoms with Crippen molar-refractivity contribution >= 4 is 5.69 Å². The molecule has 4 heteroatoms. The van der Waals surface area contributed by atoms with Crippen LogP contribution in [-0.2, 0) is 5.60 Å². The lowest BCUT2D eigenvalue weighted by atomic mass is 9.99. The topological polar surface area (TPSA) is 57.4 Å². The number of fused-ring (bicyclic) bond motifs is 1. The molecule has 118 valence electrons. The molecule has 0 saturated carbocycles. The van der Waals surface area contributed by atoms with Crippen LogP contribution in [0.4, 0.5) is 5.69 Å². The van der Waals surface area contributed by atoms with E-state index in [-0.39, 0.29) is 6.04 Å². The van der Waals surface area contributed by atoms with Crippen LogP contribution in [0.15, 0.2) is 40.8 Å². The lowest BCUT2D eigenvalue weighted by molar-refractivity contribution is 0.0305. The van der Waals surface area contributed by atoms with E-state index in [4.69, 9.17) is 4.42 Å². The summed E-state index contributed by atoms with van der Waals surface area (Å²) in [5.74, 6) is 1.43. The Kier molecular flexibility index (Phi) is 4.23. The average molecular weight is 300 g/mol. The molecule has 4 nitrogen and oxygen atoms in total. The summed E-state index contributed by atoms with van der Waals surface area (Å²) in [5.41, 5.74) is 1.44. The summed E-state index contributed by atoms with van der Waals surface area (Å²) < 4.78 is 5.58. The minimum Gasteiger partial charge on any atom is -0.463 e. The van der Waals surface area contributed by atoms with E-state index in [2.05, 4.69) is 34.9 Å². The monoisotopic (exact) mass is 300 g/mol. The Labute approximate surface area is 131 Å². The summed E-state index contributed by atoms with van der Waals surface area (Å²) in [6.07, 6.45) is 2.16. The Balaban J connectivity index is 1.73. The standard InChI is InChI=1S/C18H24N2O2/c1-13-9-10-17(22-13)18(2,21)12-20-16-8-5-11-19-15-7-4-3-6-14(15)16/h3-4,6-7,9-10,16,19-21H,5,8,11-12H2,1-2H3/t16-,18+/m1/s1. The van der Waals surface area contributed by atoms with Crippen LogP contribution in [-0.4, -0.2) is 18.2 Å². The predicted molar refractivity (Wildman–Crippen MR) is 87.9 cm³/mol. The van der Waals surface area contributed by atoms with Gasteiger partial charge >= 0.3 is 0 Å². The zero-order chi connectivity index (χ0) is 15.6. The summed E-state index contributed by atoms with van der Waals surface area (Å²) >= 11 is 0. The molecule has 0 unspecified atom stereocenters. The zero-order valence-electron chi connectivity index (χ0n) is 13.2. The van der Waals surface area contributed by atoms with Gasteiger partial charge in [-0.25, -0.2) is 0 Å². The van der Waals surface area contributed by atoms with Gasteiger partial charge in [0.2, 0.25) is 0 Å². The number of hydrogen-bond acceptors (Lipinski definition) is 4. The van der Waals surface area contributed by atoms with Crippen molar-refractivity contribution in [2.45, 2.75) is 38.3 Å². The number of anilines is 1. The summed E-state index contributed by atoms with van der Waals surface area (Å²) in [7, 11) is 0. The highest BCUT2D eigenvalue weighted by molar-refractivity contribution is 5.53. The lowest BCUT2D eigenvalue weighted by Gasteiger charge is -2.26. The molecule has 22 heavy (non-hydrogen) atoms. The maximum absolute atomic E-state index is 10.7. The van der Waals surface area contributed by atoms with E-state index >= 15 is 0 Å². The molecule has 1 aromatic heterocycles. The van der Waals surface area contributed by atoms with Crippen LogP contribution in [0.1, 0.15) is 42.9 Å². The van der Waals surface area contributed by atoms with Gasteiger partial charge < -0.3 is 20.2 Å². The number of aryl methyl sites for hydroxylation is 1. The third kappa shape index (κ3) is 3.18. The fourth-order valence-electron chi connectivity index (χ4n) is 2.99. The number of aliphatic hydroxyl groups is 1. The van der Waals surface area contributed by atoms with Crippen LogP contribution in [0.5, 0.6) is 0 Å². The molecule has 0 spiro atoms. The van der Waals surface area contributed by atoms with Crippen molar-refractivity contribution in [3.05, 3.63) is 53.5 Å². The van der Waals surface area contributed by atoms with Gasteiger partial charge in [0.25, 0.3) is 0 Å². The van der Waals surface area contributed by atoms with E-state index in [0.29, 0.717) is 12.3 Å². The second-order valence-corrected chi connectivity index (χ2v) is 6.27. The molecule has 0 fully saturated rings. The van der Waals surface area contributed by atoms with Crippen LogP contribution < -0.4 is 10.6 Å². The molecule has 1 aliphatic rings. The number of para-hydroxylation sites is 1. The molecule has 1 aromatic carbocycles. The van der Waals surface area contributed by atoms with Crippen molar-refractivity contribution in [1.29, 1.82) is 0 Å². The Morgan fingerprint density at radius 2 is 2.14 bits per heavy atom. The molecule has 0 aliphatic carbocycles. The van der Waals surface area contributed by atoms with Crippen LogP contribution in [0.3, 0.4) is 0 Å². The molecule has 2 atom stereocenters. The highest BCUT2D eigenvalue weighted by atomic mass is 16.4. The molecule has 2 aromatic rings. The SMILES string of the molecule is Cc1ccc([C@@](C)(O)CN[C@@H]2CCCNc3ccccc32)o1.